The Labute approximate surface area is 131 Å². The van der Waals surface area contributed by atoms with Crippen LogP contribution in [-0.2, 0) is 4.79 Å². The number of piperazine rings is 1. The summed E-state index contributed by atoms with van der Waals surface area (Å²) in [5.74, 6) is 0.115. The lowest BCUT2D eigenvalue weighted by Crippen LogP contribution is -2.48. The molecule has 0 spiro atoms. The van der Waals surface area contributed by atoms with E-state index < -0.39 is 0 Å². The number of amides is 1. The molecule has 0 radical (unpaired) electrons. The van der Waals surface area contributed by atoms with Crippen LogP contribution in [0, 0.1) is 0 Å². The minimum Gasteiger partial charge on any atom is -0.337 e. The number of fused-ring (bicyclic) bond motifs is 1. The van der Waals surface area contributed by atoms with Crippen molar-refractivity contribution in [3.63, 3.8) is 0 Å². The van der Waals surface area contributed by atoms with Crippen LogP contribution >= 0.6 is 0 Å². The Balaban J connectivity index is 1.72. The molecule has 22 heavy (non-hydrogen) atoms. The molecule has 0 aliphatic carbocycles. The van der Waals surface area contributed by atoms with Crippen LogP contribution in [0.1, 0.15) is 12.5 Å². The van der Waals surface area contributed by atoms with E-state index in [2.05, 4.69) is 36.1 Å². The van der Waals surface area contributed by atoms with Crippen molar-refractivity contribution in [3.8, 4) is 0 Å². The summed E-state index contributed by atoms with van der Waals surface area (Å²) < 4.78 is 0. The first kappa shape index (κ1) is 14.8. The molecule has 1 aliphatic rings. The second-order valence-electron chi connectivity index (χ2n) is 5.66. The summed E-state index contributed by atoms with van der Waals surface area (Å²) in [5.41, 5.74) is 1.10. The Morgan fingerprint density at radius 1 is 1.05 bits per heavy atom. The number of carbonyl (C=O) groups is 1. The maximum absolute atomic E-state index is 12.3. The SMILES string of the molecule is CCN1CCN(C(=O)/C=C/c2cccc3ccccc23)CC1. The molecule has 114 valence electrons. The van der Waals surface area contributed by atoms with Gasteiger partial charge in [-0.25, -0.2) is 0 Å². The van der Waals surface area contributed by atoms with Gasteiger partial charge in [0.15, 0.2) is 0 Å². The Kier molecular flexibility index (Phi) is 4.54. The van der Waals surface area contributed by atoms with Crippen molar-refractivity contribution in [3.05, 3.63) is 54.1 Å². The number of nitrogens with zero attached hydrogens (tertiary/aromatic N) is 2. The van der Waals surface area contributed by atoms with Crippen molar-refractivity contribution in [2.24, 2.45) is 0 Å². The Morgan fingerprint density at radius 2 is 1.77 bits per heavy atom. The minimum atomic E-state index is 0.115. The van der Waals surface area contributed by atoms with Gasteiger partial charge in [-0.3, -0.25) is 4.79 Å². The fourth-order valence-electron chi connectivity index (χ4n) is 2.95. The van der Waals surface area contributed by atoms with Crippen LogP contribution in [0.2, 0.25) is 0 Å². The van der Waals surface area contributed by atoms with Gasteiger partial charge in [-0.2, -0.15) is 0 Å². The fourth-order valence-corrected chi connectivity index (χ4v) is 2.95. The van der Waals surface area contributed by atoms with E-state index >= 15 is 0 Å². The van der Waals surface area contributed by atoms with E-state index in [-0.39, 0.29) is 5.91 Å². The monoisotopic (exact) mass is 294 g/mol. The van der Waals surface area contributed by atoms with Crippen molar-refractivity contribution < 1.29 is 4.79 Å². The maximum Gasteiger partial charge on any atom is 0.246 e. The highest BCUT2D eigenvalue weighted by Crippen LogP contribution is 2.19. The molecule has 3 nitrogen and oxygen atoms in total. The van der Waals surface area contributed by atoms with Crippen LogP contribution in [0.3, 0.4) is 0 Å². The highest BCUT2D eigenvalue weighted by atomic mass is 16.2. The standard InChI is InChI=1S/C19H22N2O/c1-2-20-12-14-21(15-13-20)19(22)11-10-17-8-5-7-16-6-3-4-9-18(16)17/h3-11H,2,12-15H2,1H3/b11-10+. The zero-order valence-electron chi connectivity index (χ0n) is 13.0. The third kappa shape index (κ3) is 3.20. The van der Waals surface area contributed by atoms with Crippen LogP contribution < -0.4 is 0 Å². The van der Waals surface area contributed by atoms with Gasteiger partial charge in [0.2, 0.25) is 5.91 Å². The Bertz CT molecular complexity index is 679. The first-order chi connectivity index (χ1) is 10.8. The van der Waals surface area contributed by atoms with E-state index in [1.165, 1.54) is 10.8 Å². The highest BCUT2D eigenvalue weighted by molar-refractivity contribution is 5.96. The van der Waals surface area contributed by atoms with E-state index in [9.17, 15) is 4.79 Å². The molecule has 2 aromatic rings. The summed E-state index contributed by atoms with van der Waals surface area (Å²) >= 11 is 0. The van der Waals surface area contributed by atoms with Crippen molar-refractivity contribution in [1.29, 1.82) is 0 Å². The van der Waals surface area contributed by atoms with Crippen LogP contribution in [0.5, 0.6) is 0 Å². The zero-order valence-corrected chi connectivity index (χ0v) is 13.0. The average Bonchev–Trinajstić information content (AvgIpc) is 2.59. The predicted octanol–water partition coefficient (Wildman–Crippen LogP) is 3.02. The molecule has 3 rings (SSSR count). The molecule has 1 aliphatic heterocycles. The lowest BCUT2D eigenvalue weighted by Gasteiger charge is -2.33. The third-order valence-corrected chi connectivity index (χ3v) is 4.36. The van der Waals surface area contributed by atoms with E-state index in [0.29, 0.717) is 0 Å². The van der Waals surface area contributed by atoms with Crippen molar-refractivity contribution in [2.75, 3.05) is 32.7 Å². The molecule has 1 fully saturated rings. The quantitative estimate of drug-likeness (QED) is 0.812. The fraction of sp³-hybridized carbons (Fsp3) is 0.316. The first-order valence-corrected chi connectivity index (χ1v) is 7.95. The predicted molar refractivity (Wildman–Crippen MR) is 91.7 cm³/mol. The van der Waals surface area contributed by atoms with Gasteiger partial charge >= 0.3 is 0 Å². The van der Waals surface area contributed by atoms with E-state index in [1.807, 2.05) is 29.2 Å². The lowest BCUT2D eigenvalue weighted by atomic mass is 10.0. The van der Waals surface area contributed by atoms with Gasteiger partial charge in [0.05, 0.1) is 0 Å². The molecule has 0 unspecified atom stereocenters. The Morgan fingerprint density at radius 3 is 2.55 bits per heavy atom. The summed E-state index contributed by atoms with van der Waals surface area (Å²) in [6, 6.07) is 14.4. The number of carbonyl (C=O) groups excluding carboxylic acids is 1. The molecule has 1 heterocycles. The van der Waals surface area contributed by atoms with Gasteiger partial charge in [-0.15, -0.1) is 0 Å². The summed E-state index contributed by atoms with van der Waals surface area (Å²) in [7, 11) is 0. The highest BCUT2D eigenvalue weighted by Gasteiger charge is 2.18. The van der Waals surface area contributed by atoms with Crippen LogP contribution in [0.15, 0.2) is 48.5 Å². The molecule has 2 aromatic carbocycles. The summed E-state index contributed by atoms with van der Waals surface area (Å²) in [6.07, 6.45) is 3.65. The largest absolute Gasteiger partial charge is 0.337 e. The van der Waals surface area contributed by atoms with Gasteiger partial charge in [-0.1, -0.05) is 49.4 Å². The summed E-state index contributed by atoms with van der Waals surface area (Å²) in [4.78, 5) is 16.6. The topological polar surface area (TPSA) is 23.6 Å². The molecule has 0 aromatic heterocycles. The molecular weight excluding hydrogens is 272 g/mol. The van der Waals surface area contributed by atoms with Gasteiger partial charge in [-0.05, 0) is 29.0 Å². The molecule has 0 saturated carbocycles. The van der Waals surface area contributed by atoms with E-state index in [1.54, 1.807) is 6.08 Å². The van der Waals surface area contributed by atoms with Crippen LogP contribution in [-0.4, -0.2) is 48.4 Å². The van der Waals surface area contributed by atoms with Crippen molar-refractivity contribution in [2.45, 2.75) is 6.92 Å². The Hall–Kier alpha value is -2.13. The molecular formula is C19H22N2O. The molecule has 0 N–H and O–H groups in total. The summed E-state index contributed by atoms with van der Waals surface area (Å²) in [5, 5.41) is 2.39. The lowest BCUT2D eigenvalue weighted by molar-refractivity contribution is -0.127. The molecule has 0 bridgehead atoms. The maximum atomic E-state index is 12.3. The first-order valence-electron chi connectivity index (χ1n) is 7.95. The van der Waals surface area contributed by atoms with Crippen LogP contribution in [0.25, 0.3) is 16.8 Å². The smallest absolute Gasteiger partial charge is 0.246 e. The average molecular weight is 294 g/mol. The number of likely N-dealkylation sites (N-methyl/N-ethyl adjacent to an activating group) is 1. The number of rotatable bonds is 3. The minimum absolute atomic E-state index is 0.115. The molecule has 0 atom stereocenters. The second kappa shape index (κ2) is 6.75. The zero-order chi connectivity index (χ0) is 15.4. The third-order valence-electron chi connectivity index (χ3n) is 4.36. The van der Waals surface area contributed by atoms with Gasteiger partial charge in [0.1, 0.15) is 0 Å². The van der Waals surface area contributed by atoms with Crippen molar-refractivity contribution in [1.82, 2.24) is 9.80 Å². The van der Waals surface area contributed by atoms with E-state index in [0.717, 1.165) is 38.3 Å². The molecule has 1 saturated heterocycles. The normalized spacial score (nSPS) is 16.5. The second-order valence-corrected chi connectivity index (χ2v) is 5.66. The molecule has 1 amide bonds. The molecule has 3 heteroatoms. The number of hydrogen-bond donors (Lipinski definition) is 0. The van der Waals surface area contributed by atoms with E-state index in [4.69, 9.17) is 0 Å². The number of benzene rings is 2. The van der Waals surface area contributed by atoms with Crippen LogP contribution in [0.4, 0.5) is 0 Å². The van der Waals surface area contributed by atoms with Gasteiger partial charge in [0, 0.05) is 32.3 Å². The van der Waals surface area contributed by atoms with Gasteiger partial charge in [0.25, 0.3) is 0 Å². The van der Waals surface area contributed by atoms with Crippen molar-refractivity contribution >= 4 is 22.8 Å². The number of hydrogen-bond acceptors (Lipinski definition) is 2. The summed E-state index contributed by atoms with van der Waals surface area (Å²) in [6.45, 7) is 6.83. The van der Waals surface area contributed by atoms with Gasteiger partial charge < -0.3 is 9.80 Å².